The third kappa shape index (κ3) is 5.98. The lowest BCUT2D eigenvalue weighted by Gasteiger charge is -2.49. The molecule has 3 aliphatic rings. The van der Waals surface area contributed by atoms with Crippen LogP contribution >= 0.6 is 0 Å². The zero-order valence-corrected chi connectivity index (χ0v) is 24.5. The van der Waals surface area contributed by atoms with Crippen LogP contribution in [0.15, 0.2) is 12.2 Å². The molecule has 0 saturated heterocycles. The molecule has 3 saturated carbocycles. The Morgan fingerprint density at radius 2 is 1.67 bits per heavy atom. The van der Waals surface area contributed by atoms with Crippen LogP contribution in [0, 0.1) is 35.0 Å². The summed E-state index contributed by atoms with van der Waals surface area (Å²) in [7, 11) is -0.0285. The van der Waals surface area contributed by atoms with Gasteiger partial charge >= 0.3 is 0 Å². The second-order valence-corrected chi connectivity index (χ2v) is 18.6. The molecule has 0 unspecified atom stereocenters. The van der Waals surface area contributed by atoms with Gasteiger partial charge in [0.1, 0.15) is 6.79 Å². The average Bonchev–Trinajstić information content (AvgIpc) is 3.46. The predicted molar refractivity (Wildman–Crippen MR) is 142 cm³/mol. The number of fused-ring (bicyclic) bond motifs is 1. The quantitative estimate of drug-likeness (QED) is 0.180. The van der Waals surface area contributed by atoms with Crippen molar-refractivity contribution in [2.75, 3.05) is 13.9 Å². The van der Waals surface area contributed by atoms with E-state index in [4.69, 9.17) is 13.9 Å². The Bertz CT molecular complexity index is 675. The Kier molecular flexibility index (Phi) is 8.37. The van der Waals surface area contributed by atoms with Gasteiger partial charge in [-0.25, -0.2) is 0 Å². The molecule has 6 atom stereocenters. The van der Waals surface area contributed by atoms with E-state index in [0.717, 1.165) is 17.8 Å². The zero-order chi connectivity index (χ0) is 24.7. The molecule has 3 rings (SSSR count). The lowest BCUT2D eigenvalue weighted by Crippen LogP contribution is -2.50. The van der Waals surface area contributed by atoms with E-state index in [-0.39, 0.29) is 10.6 Å². The molecule has 0 N–H and O–H groups in total. The maximum absolute atomic E-state index is 7.06. The van der Waals surface area contributed by atoms with Crippen LogP contribution in [-0.2, 0) is 13.9 Å². The topological polar surface area (TPSA) is 27.7 Å². The second kappa shape index (κ2) is 10.1. The molecule has 3 fully saturated rings. The summed E-state index contributed by atoms with van der Waals surface area (Å²) in [5.41, 5.74) is 0.231. The molecule has 192 valence electrons. The van der Waals surface area contributed by atoms with Crippen molar-refractivity contribution in [3.63, 3.8) is 0 Å². The summed E-state index contributed by atoms with van der Waals surface area (Å²) in [6.07, 6.45) is 14.8. The van der Waals surface area contributed by atoms with Crippen molar-refractivity contribution < 1.29 is 13.9 Å². The largest absolute Gasteiger partial charge is 0.414 e. The molecule has 0 spiro atoms. The summed E-state index contributed by atoms with van der Waals surface area (Å²) in [5.74, 6) is 3.32. The highest BCUT2D eigenvalue weighted by atomic mass is 28.4. The van der Waals surface area contributed by atoms with Gasteiger partial charge in [0, 0.05) is 19.1 Å². The van der Waals surface area contributed by atoms with Crippen molar-refractivity contribution in [1.29, 1.82) is 0 Å². The number of ether oxygens (including phenoxy) is 2. The highest BCUT2D eigenvalue weighted by Crippen LogP contribution is 2.59. The zero-order valence-electron chi connectivity index (χ0n) is 23.5. The molecule has 0 aromatic carbocycles. The van der Waals surface area contributed by atoms with Crippen LogP contribution in [0.5, 0.6) is 0 Å². The average molecular weight is 479 g/mol. The van der Waals surface area contributed by atoms with E-state index in [1.165, 1.54) is 44.9 Å². The van der Waals surface area contributed by atoms with E-state index in [1.54, 1.807) is 7.11 Å². The smallest absolute Gasteiger partial charge is 0.192 e. The summed E-state index contributed by atoms with van der Waals surface area (Å²) in [6, 6.07) is 0. The normalized spacial score (nSPS) is 33.3. The van der Waals surface area contributed by atoms with E-state index in [2.05, 4.69) is 73.7 Å². The van der Waals surface area contributed by atoms with Gasteiger partial charge in [-0.1, -0.05) is 53.2 Å². The minimum atomic E-state index is -1.74. The first-order valence-corrected chi connectivity index (χ1v) is 16.6. The summed E-state index contributed by atoms with van der Waals surface area (Å²) < 4.78 is 18.4. The van der Waals surface area contributed by atoms with Crippen LogP contribution in [0.25, 0.3) is 0 Å². The summed E-state index contributed by atoms with van der Waals surface area (Å²) in [6.45, 7) is 21.9. The third-order valence-corrected chi connectivity index (χ3v) is 14.6. The van der Waals surface area contributed by atoms with E-state index >= 15 is 0 Å². The predicted octanol–water partition coefficient (Wildman–Crippen LogP) is 8.21. The fourth-order valence-corrected chi connectivity index (χ4v) is 8.26. The second-order valence-electron chi connectivity index (χ2n) is 13.9. The summed E-state index contributed by atoms with van der Waals surface area (Å²) >= 11 is 0. The first-order valence-electron chi connectivity index (χ1n) is 13.7. The first kappa shape index (κ1) is 27.4. The van der Waals surface area contributed by atoms with Gasteiger partial charge in [0.15, 0.2) is 8.32 Å². The SMILES string of the molecule is COCOC(C)(C)[C@H](/C=C/[C@@H](C)[C@H]1CC[C@H]2[C@@H](O[Si](C)(C)C(C)(C)C)CCC[C@]12C)C1CC1. The van der Waals surface area contributed by atoms with Gasteiger partial charge in [-0.2, -0.15) is 0 Å². The van der Waals surface area contributed by atoms with Crippen LogP contribution in [0.1, 0.15) is 93.4 Å². The Hall–Kier alpha value is -0.163. The number of rotatable bonds is 10. The van der Waals surface area contributed by atoms with Gasteiger partial charge in [-0.15, -0.1) is 0 Å². The van der Waals surface area contributed by atoms with E-state index in [1.807, 2.05) is 0 Å². The summed E-state index contributed by atoms with van der Waals surface area (Å²) in [4.78, 5) is 0. The maximum atomic E-state index is 7.06. The highest BCUT2D eigenvalue weighted by molar-refractivity contribution is 6.74. The minimum Gasteiger partial charge on any atom is -0.414 e. The molecule has 0 aliphatic heterocycles. The van der Waals surface area contributed by atoms with Gasteiger partial charge in [-0.3, -0.25) is 0 Å². The standard InChI is InChI=1S/C29H54O3Si/c1-21(13-16-24(22-14-15-22)28(5,6)31-20-30-8)23-17-18-25-26(12-11-19-29(23,25)7)32-33(9,10)27(2,3)4/h13,16,21-26H,11-12,14-15,17-20H2,1-10H3/b16-13+/t21-,23-,24-,25+,26+,29-/m1/s1. The molecule has 0 heterocycles. The van der Waals surface area contributed by atoms with E-state index in [0.29, 0.717) is 30.1 Å². The Balaban J connectivity index is 1.71. The molecule has 0 radical (unpaired) electrons. The van der Waals surface area contributed by atoms with Gasteiger partial charge < -0.3 is 13.9 Å². The van der Waals surface area contributed by atoms with E-state index in [9.17, 15) is 0 Å². The minimum absolute atomic E-state index is 0.178. The summed E-state index contributed by atoms with van der Waals surface area (Å²) in [5, 5.41) is 0.282. The Morgan fingerprint density at radius 1 is 1.00 bits per heavy atom. The molecule has 3 nitrogen and oxygen atoms in total. The van der Waals surface area contributed by atoms with Crippen molar-refractivity contribution in [1.82, 2.24) is 0 Å². The molecule has 33 heavy (non-hydrogen) atoms. The van der Waals surface area contributed by atoms with Crippen molar-refractivity contribution >= 4 is 8.32 Å². The van der Waals surface area contributed by atoms with Crippen molar-refractivity contribution in [3.05, 3.63) is 12.2 Å². The Labute approximate surface area is 206 Å². The molecular weight excluding hydrogens is 424 g/mol. The Morgan fingerprint density at radius 3 is 2.24 bits per heavy atom. The number of methoxy groups -OCH3 is 1. The van der Waals surface area contributed by atoms with Gasteiger partial charge in [0.25, 0.3) is 0 Å². The van der Waals surface area contributed by atoms with Crippen molar-refractivity contribution in [2.24, 2.45) is 35.0 Å². The molecule has 0 aromatic heterocycles. The lowest BCUT2D eigenvalue weighted by atomic mass is 9.62. The van der Waals surface area contributed by atoms with Gasteiger partial charge in [0.05, 0.1) is 5.60 Å². The molecular formula is C29H54O3Si. The van der Waals surface area contributed by atoms with Crippen molar-refractivity contribution in [3.8, 4) is 0 Å². The van der Waals surface area contributed by atoms with Crippen molar-refractivity contribution in [2.45, 2.75) is 123 Å². The van der Waals surface area contributed by atoms with Gasteiger partial charge in [0.2, 0.25) is 0 Å². The molecule has 3 aliphatic carbocycles. The monoisotopic (exact) mass is 478 g/mol. The number of allylic oxidation sites excluding steroid dienone is 1. The molecule has 0 amide bonds. The molecule has 0 bridgehead atoms. The highest BCUT2D eigenvalue weighted by Gasteiger charge is 2.54. The van der Waals surface area contributed by atoms with Crippen LogP contribution in [0.2, 0.25) is 18.1 Å². The van der Waals surface area contributed by atoms with Gasteiger partial charge in [-0.05, 0) is 99.6 Å². The number of hydrogen-bond acceptors (Lipinski definition) is 3. The lowest BCUT2D eigenvalue weighted by molar-refractivity contribution is -0.134. The van der Waals surface area contributed by atoms with E-state index < -0.39 is 8.32 Å². The third-order valence-electron chi connectivity index (χ3n) is 10.1. The fraction of sp³-hybridized carbons (Fsp3) is 0.931. The van der Waals surface area contributed by atoms with Crippen LogP contribution in [0.4, 0.5) is 0 Å². The first-order chi connectivity index (χ1) is 15.2. The van der Waals surface area contributed by atoms with Crippen LogP contribution in [-0.4, -0.2) is 33.9 Å². The number of hydrogen-bond donors (Lipinski definition) is 0. The molecule has 4 heteroatoms. The fourth-order valence-electron chi connectivity index (χ4n) is 6.87. The molecule has 0 aromatic rings. The van der Waals surface area contributed by atoms with Crippen LogP contribution in [0.3, 0.4) is 0 Å². The maximum Gasteiger partial charge on any atom is 0.192 e. The van der Waals surface area contributed by atoms with Crippen LogP contribution < -0.4 is 0 Å².